The average molecular weight is 429 g/mol. The molecule has 2 aromatic rings. The Labute approximate surface area is 175 Å². The van der Waals surface area contributed by atoms with Crippen LogP contribution in [0.3, 0.4) is 0 Å². The highest BCUT2D eigenvalue weighted by Crippen LogP contribution is 2.36. The van der Waals surface area contributed by atoms with E-state index in [1.807, 2.05) is 0 Å². The summed E-state index contributed by atoms with van der Waals surface area (Å²) in [6.07, 6.45) is -1.82. The monoisotopic (exact) mass is 429 g/mol. The molecule has 4 atom stereocenters. The van der Waals surface area contributed by atoms with Gasteiger partial charge in [0.05, 0.1) is 5.56 Å². The number of esters is 2. The molecular weight excluding hydrogens is 410 g/mol. The highest BCUT2D eigenvalue weighted by atomic mass is 16.6. The van der Waals surface area contributed by atoms with Gasteiger partial charge in [-0.3, -0.25) is 19.1 Å². The molecule has 0 amide bonds. The predicted octanol–water partition coefficient (Wildman–Crippen LogP) is 1.15. The molecule has 1 fully saturated rings. The molecule has 12 nitrogen and oxygen atoms in total. The van der Waals surface area contributed by atoms with Crippen molar-refractivity contribution in [1.29, 1.82) is 0 Å². The molecule has 31 heavy (non-hydrogen) atoms. The largest absolute Gasteiger partial charge is 0.459 e. The Hall–Kier alpha value is -3.89. The van der Waals surface area contributed by atoms with Crippen LogP contribution in [-0.4, -0.2) is 46.8 Å². The van der Waals surface area contributed by atoms with Crippen LogP contribution in [0.2, 0.25) is 0 Å². The molecule has 0 aliphatic carbocycles. The smallest absolute Gasteiger partial charge is 0.338 e. The molecule has 0 saturated carbocycles. The zero-order valence-corrected chi connectivity index (χ0v) is 16.4. The van der Waals surface area contributed by atoms with Gasteiger partial charge in [0.2, 0.25) is 0 Å². The summed E-state index contributed by atoms with van der Waals surface area (Å²) in [7, 11) is 0. The summed E-state index contributed by atoms with van der Waals surface area (Å²) in [4.78, 5) is 52.4. The number of nitrogens with one attached hydrogen (secondary N) is 1. The quantitative estimate of drug-likeness (QED) is 0.298. The topological polar surface area (TPSA) is 165 Å². The first-order chi connectivity index (χ1) is 14.9. The van der Waals surface area contributed by atoms with Gasteiger partial charge in [-0.15, -0.1) is 0 Å². The lowest BCUT2D eigenvalue weighted by Crippen LogP contribution is -2.38. The van der Waals surface area contributed by atoms with Crippen molar-refractivity contribution in [2.24, 2.45) is 11.0 Å². The summed E-state index contributed by atoms with van der Waals surface area (Å²) in [5.74, 6) is -1.96. The summed E-state index contributed by atoms with van der Waals surface area (Å²) in [6, 6.07) is 9.40. The third-order valence-electron chi connectivity index (χ3n) is 4.67. The lowest BCUT2D eigenvalue weighted by atomic mass is 9.98. The van der Waals surface area contributed by atoms with Gasteiger partial charge in [-0.05, 0) is 17.7 Å². The molecule has 1 aliphatic heterocycles. The van der Waals surface area contributed by atoms with E-state index in [9.17, 15) is 19.2 Å². The van der Waals surface area contributed by atoms with E-state index in [0.717, 1.165) is 10.6 Å². The maximum absolute atomic E-state index is 12.3. The van der Waals surface area contributed by atoms with E-state index in [-0.39, 0.29) is 13.2 Å². The van der Waals surface area contributed by atoms with Gasteiger partial charge in [-0.2, -0.15) is 0 Å². The molecule has 1 aromatic carbocycles. The van der Waals surface area contributed by atoms with Crippen LogP contribution in [0.4, 0.5) is 0 Å². The number of H-pyrrole nitrogens is 1. The highest BCUT2D eigenvalue weighted by Gasteiger charge is 2.48. The van der Waals surface area contributed by atoms with Crippen molar-refractivity contribution in [1.82, 2.24) is 9.55 Å². The summed E-state index contributed by atoms with van der Waals surface area (Å²) in [5.41, 5.74) is 7.68. The van der Waals surface area contributed by atoms with Gasteiger partial charge in [0.25, 0.3) is 5.56 Å². The van der Waals surface area contributed by atoms with Crippen molar-refractivity contribution in [2.45, 2.75) is 25.4 Å². The zero-order chi connectivity index (χ0) is 22.4. The summed E-state index contributed by atoms with van der Waals surface area (Å²) in [6.45, 7) is 0.794. The van der Waals surface area contributed by atoms with Gasteiger partial charge in [-0.1, -0.05) is 23.3 Å². The fraction of sp³-hybridized carbons (Fsp3) is 0.368. The molecule has 2 heterocycles. The molecular formula is C19H19N5O7. The summed E-state index contributed by atoms with van der Waals surface area (Å²) < 4.78 is 17.6. The van der Waals surface area contributed by atoms with Crippen molar-refractivity contribution in [3.05, 3.63) is 79.4 Å². The van der Waals surface area contributed by atoms with Gasteiger partial charge >= 0.3 is 17.6 Å². The number of benzene rings is 1. The Morgan fingerprint density at radius 1 is 1.26 bits per heavy atom. The Balaban J connectivity index is 1.88. The second-order valence-electron chi connectivity index (χ2n) is 6.70. The van der Waals surface area contributed by atoms with Crippen LogP contribution in [0.25, 0.3) is 10.4 Å². The molecule has 1 N–H and O–H groups in total. The fourth-order valence-electron chi connectivity index (χ4n) is 3.30. The van der Waals surface area contributed by atoms with Crippen LogP contribution in [0, 0.1) is 5.92 Å². The minimum absolute atomic E-state index is 0.142. The zero-order valence-electron chi connectivity index (χ0n) is 16.4. The first kappa shape index (κ1) is 21.8. The van der Waals surface area contributed by atoms with E-state index >= 15 is 0 Å². The Kier molecular flexibility index (Phi) is 6.85. The van der Waals surface area contributed by atoms with Crippen LogP contribution < -0.4 is 11.2 Å². The van der Waals surface area contributed by atoms with Gasteiger partial charge in [-0.25, -0.2) is 9.59 Å². The molecule has 1 aromatic heterocycles. The number of rotatable bonds is 7. The molecule has 0 radical (unpaired) electrons. The van der Waals surface area contributed by atoms with Crippen LogP contribution in [0.5, 0.6) is 0 Å². The Morgan fingerprint density at radius 2 is 2.00 bits per heavy atom. The van der Waals surface area contributed by atoms with E-state index in [4.69, 9.17) is 19.7 Å². The summed E-state index contributed by atoms with van der Waals surface area (Å²) in [5, 5.41) is 3.54. The van der Waals surface area contributed by atoms with E-state index in [2.05, 4.69) is 15.0 Å². The lowest BCUT2D eigenvalue weighted by Gasteiger charge is -2.23. The van der Waals surface area contributed by atoms with Crippen LogP contribution >= 0.6 is 0 Å². The van der Waals surface area contributed by atoms with Crippen molar-refractivity contribution >= 4 is 11.9 Å². The summed E-state index contributed by atoms with van der Waals surface area (Å²) >= 11 is 0. The molecule has 12 heteroatoms. The van der Waals surface area contributed by atoms with E-state index in [1.54, 1.807) is 30.3 Å². The third-order valence-corrected chi connectivity index (χ3v) is 4.67. The second kappa shape index (κ2) is 9.74. The average Bonchev–Trinajstić information content (AvgIpc) is 3.07. The number of hydrogen-bond acceptors (Lipinski definition) is 8. The fourth-order valence-corrected chi connectivity index (χ4v) is 3.30. The maximum atomic E-state index is 12.3. The standard InChI is InChI=1S/C19H19N5O7/c1-11(25)30-16-13(9-21-23-20)14(10-29-18(27)12-5-3-2-4-6-12)31-17(16)24-8-7-15(26)22-19(24)28/h2-8,13-14,16-17H,9-10H2,1H3,(H,22,26,28)/t13-,14-,16-,17-/m1/s1. The number of nitrogens with zero attached hydrogens (tertiary/aromatic N) is 4. The minimum atomic E-state index is -1.13. The number of ether oxygens (including phenoxy) is 3. The molecule has 162 valence electrons. The SMILES string of the molecule is CC(=O)O[C@@H]1[C@H](CN=[N+]=[N-])[C@@H](COC(=O)c2ccccc2)O[C@H]1n1ccc(=O)[nH]c1=O. The maximum Gasteiger partial charge on any atom is 0.338 e. The Bertz CT molecular complexity index is 1110. The van der Waals surface area contributed by atoms with Gasteiger partial charge in [0.1, 0.15) is 12.7 Å². The normalized spacial score (nSPS) is 22.4. The van der Waals surface area contributed by atoms with Crippen molar-refractivity contribution in [3.63, 3.8) is 0 Å². The number of carbonyl (C=O) groups excluding carboxylic acids is 2. The van der Waals surface area contributed by atoms with Gasteiger partial charge in [0, 0.05) is 36.6 Å². The van der Waals surface area contributed by atoms with E-state index in [1.165, 1.54) is 13.1 Å². The highest BCUT2D eigenvalue weighted by molar-refractivity contribution is 5.89. The van der Waals surface area contributed by atoms with E-state index < -0.39 is 47.5 Å². The molecule has 1 saturated heterocycles. The number of hydrogen-bond donors (Lipinski definition) is 1. The minimum Gasteiger partial charge on any atom is -0.459 e. The Morgan fingerprint density at radius 3 is 2.65 bits per heavy atom. The number of carbonyl (C=O) groups is 2. The third kappa shape index (κ3) is 5.18. The van der Waals surface area contributed by atoms with Crippen molar-refractivity contribution < 1.29 is 23.8 Å². The molecule has 3 rings (SSSR count). The van der Waals surface area contributed by atoms with E-state index in [0.29, 0.717) is 5.56 Å². The lowest BCUT2D eigenvalue weighted by molar-refractivity contribution is -0.154. The number of aromatic amines is 1. The number of azide groups is 1. The van der Waals surface area contributed by atoms with Crippen LogP contribution in [0.1, 0.15) is 23.5 Å². The van der Waals surface area contributed by atoms with Gasteiger partial charge in [0.15, 0.2) is 12.3 Å². The number of aromatic nitrogens is 2. The predicted molar refractivity (Wildman–Crippen MR) is 105 cm³/mol. The molecule has 0 spiro atoms. The van der Waals surface area contributed by atoms with Crippen LogP contribution in [0.15, 0.2) is 57.3 Å². The molecule has 0 unspecified atom stereocenters. The first-order valence-corrected chi connectivity index (χ1v) is 9.28. The van der Waals surface area contributed by atoms with Crippen LogP contribution in [-0.2, 0) is 19.0 Å². The first-order valence-electron chi connectivity index (χ1n) is 9.28. The molecule has 0 bridgehead atoms. The van der Waals surface area contributed by atoms with Crippen molar-refractivity contribution in [2.75, 3.05) is 13.2 Å². The van der Waals surface area contributed by atoms with Crippen molar-refractivity contribution in [3.8, 4) is 0 Å². The van der Waals surface area contributed by atoms with Gasteiger partial charge < -0.3 is 14.2 Å². The second-order valence-corrected chi connectivity index (χ2v) is 6.70. The molecule has 1 aliphatic rings.